The van der Waals surface area contributed by atoms with Crippen LogP contribution in [0.1, 0.15) is 16.4 Å². The number of thioether (sulfide) groups is 1. The molecule has 0 aliphatic carbocycles. The van der Waals surface area contributed by atoms with Crippen molar-refractivity contribution in [1.29, 1.82) is 0 Å². The van der Waals surface area contributed by atoms with Crippen molar-refractivity contribution >= 4 is 44.3 Å². The SMILES string of the molecule is Cc1nc2cnccc2n1OCc1ccccc1SCc1nc2cc(F)ccc2s1. The van der Waals surface area contributed by atoms with E-state index < -0.39 is 0 Å². The first-order valence-electron chi connectivity index (χ1n) is 9.35. The Hall–Kier alpha value is -2.97. The number of aryl methyl sites for hydroxylation is 1. The van der Waals surface area contributed by atoms with Gasteiger partial charge in [-0.05, 0) is 31.2 Å². The minimum atomic E-state index is -0.257. The van der Waals surface area contributed by atoms with Crippen LogP contribution in [0.15, 0.2) is 65.8 Å². The molecule has 0 radical (unpaired) electrons. The van der Waals surface area contributed by atoms with Gasteiger partial charge in [0, 0.05) is 22.7 Å². The Balaban J connectivity index is 1.33. The number of imidazole rings is 1. The molecule has 2 aromatic carbocycles. The molecule has 3 heterocycles. The highest BCUT2D eigenvalue weighted by molar-refractivity contribution is 7.98. The fraction of sp³-hybridized carbons (Fsp3) is 0.136. The molecule has 5 nitrogen and oxygen atoms in total. The molecular formula is C22H17FN4OS2. The molecule has 150 valence electrons. The van der Waals surface area contributed by atoms with E-state index in [9.17, 15) is 4.39 Å². The summed E-state index contributed by atoms with van der Waals surface area (Å²) < 4.78 is 16.2. The van der Waals surface area contributed by atoms with Crippen LogP contribution in [-0.2, 0) is 12.4 Å². The van der Waals surface area contributed by atoms with Gasteiger partial charge in [-0.15, -0.1) is 23.1 Å². The minimum Gasteiger partial charge on any atom is -0.407 e. The molecular weight excluding hydrogens is 419 g/mol. The van der Waals surface area contributed by atoms with E-state index in [1.54, 1.807) is 46.3 Å². The monoisotopic (exact) mass is 436 g/mol. The zero-order valence-electron chi connectivity index (χ0n) is 16.1. The van der Waals surface area contributed by atoms with Gasteiger partial charge in [0.1, 0.15) is 34.3 Å². The van der Waals surface area contributed by atoms with Gasteiger partial charge in [-0.3, -0.25) is 4.98 Å². The predicted octanol–water partition coefficient (Wildman–Crippen LogP) is 5.41. The lowest BCUT2D eigenvalue weighted by molar-refractivity contribution is 0.0999. The molecule has 8 heteroatoms. The zero-order valence-corrected chi connectivity index (χ0v) is 17.7. The lowest BCUT2D eigenvalue weighted by atomic mass is 10.2. The van der Waals surface area contributed by atoms with E-state index in [-0.39, 0.29) is 5.82 Å². The van der Waals surface area contributed by atoms with Gasteiger partial charge in [-0.25, -0.2) is 14.4 Å². The molecule has 0 bridgehead atoms. The first kappa shape index (κ1) is 19.0. The van der Waals surface area contributed by atoms with Gasteiger partial charge in [-0.2, -0.15) is 4.73 Å². The largest absolute Gasteiger partial charge is 0.407 e. The summed E-state index contributed by atoms with van der Waals surface area (Å²) in [6, 6.07) is 14.8. The van der Waals surface area contributed by atoms with Crippen LogP contribution in [0.4, 0.5) is 4.39 Å². The van der Waals surface area contributed by atoms with Gasteiger partial charge in [0.2, 0.25) is 0 Å². The van der Waals surface area contributed by atoms with Crippen LogP contribution in [0.2, 0.25) is 0 Å². The Morgan fingerprint density at radius 2 is 2.00 bits per heavy atom. The van der Waals surface area contributed by atoms with Crippen molar-refractivity contribution in [1.82, 2.24) is 19.7 Å². The molecule has 0 atom stereocenters. The second-order valence-corrected chi connectivity index (χ2v) is 8.84. The minimum absolute atomic E-state index is 0.257. The third-order valence-corrected chi connectivity index (χ3v) is 6.99. The van der Waals surface area contributed by atoms with Crippen LogP contribution < -0.4 is 4.84 Å². The molecule has 5 rings (SSSR count). The third kappa shape index (κ3) is 3.76. The lowest BCUT2D eigenvalue weighted by Gasteiger charge is -2.12. The van der Waals surface area contributed by atoms with E-state index in [0.29, 0.717) is 12.1 Å². The second-order valence-electron chi connectivity index (χ2n) is 6.71. The maximum absolute atomic E-state index is 13.4. The summed E-state index contributed by atoms with van der Waals surface area (Å²) in [4.78, 5) is 20.4. The average Bonchev–Trinajstić information content (AvgIpc) is 3.30. The number of hydrogen-bond acceptors (Lipinski definition) is 6. The molecule has 30 heavy (non-hydrogen) atoms. The zero-order chi connectivity index (χ0) is 20.5. The lowest BCUT2D eigenvalue weighted by Crippen LogP contribution is -2.13. The van der Waals surface area contributed by atoms with Gasteiger partial charge in [-0.1, -0.05) is 18.2 Å². The topological polar surface area (TPSA) is 52.8 Å². The second kappa shape index (κ2) is 8.04. The van der Waals surface area contributed by atoms with Crippen molar-refractivity contribution < 1.29 is 9.23 Å². The molecule has 0 N–H and O–H groups in total. The van der Waals surface area contributed by atoms with Crippen LogP contribution in [0.25, 0.3) is 21.3 Å². The first-order valence-corrected chi connectivity index (χ1v) is 11.2. The number of pyridine rings is 1. The standard InChI is InChI=1S/C22H17FN4OS2/c1-14-25-18-11-24-9-8-19(18)27(14)28-12-15-4-2-3-5-20(15)29-13-22-26-17-10-16(23)6-7-21(17)30-22/h2-11H,12-13H2,1H3. The summed E-state index contributed by atoms with van der Waals surface area (Å²) in [6.07, 6.45) is 3.47. The van der Waals surface area contributed by atoms with Crippen LogP contribution in [0, 0.1) is 12.7 Å². The molecule has 0 saturated heterocycles. The maximum atomic E-state index is 13.4. The molecule has 0 saturated carbocycles. The van der Waals surface area contributed by atoms with Crippen LogP contribution in [0.3, 0.4) is 0 Å². The third-order valence-electron chi connectivity index (χ3n) is 4.64. The Labute approximate surface area is 180 Å². The number of benzene rings is 2. The highest BCUT2D eigenvalue weighted by Crippen LogP contribution is 2.31. The fourth-order valence-corrected chi connectivity index (χ4v) is 5.23. The van der Waals surface area contributed by atoms with Gasteiger partial charge < -0.3 is 4.84 Å². The smallest absolute Gasteiger partial charge is 0.143 e. The highest BCUT2D eigenvalue weighted by atomic mass is 32.2. The summed E-state index contributed by atoms with van der Waals surface area (Å²) in [7, 11) is 0. The summed E-state index contributed by atoms with van der Waals surface area (Å²) in [5.74, 6) is 1.24. The summed E-state index contributed by atoms with van der Waals surface area (Å²) in [5.41, 5.74) is 3.51. The number of nitrogens with zero attached hydrogens (tertiary/aromatic N) is 4. The summed E-state index contributed by atoms with van der Waals surface area (Å²) >= 11 is 3.30. The molecule has 0 fully saturated rings. The Kier molecular flexibility index (Phi) is 5.10. The summed E-state index contributed by atoms with van der Waals surface area (Å²) in [5, 5.41) is 0.972. The van der Waals surface area contributed by atoms with Crippen LogP contribution in [0.5, 0.6) is 0 Å². The first-order chi connectivity index (χ1) is 14.7. The Bertz CT molecular complexity index is 1350. The molecule has 0 amide bonds. The van der Waals surface area contributed by atoms with Crippen molar-refractivity contribution in [3.63, 3.8) is 0 Å². The number of aromatic nitrogens is 4. The van der Waals surface area contributed by atoms with Crippen molar-refractivity contribution in [3.05, 3.63) is 83.1 Å². The van der Waals surface area contributed by atoms with Crippen LogP contribution in [-0.4, -0.2) is 19.7 Å². The summed E-state index contributed by atoms with van der Waals surface area (Å²) in [6.45, 7) is 2.33. The molecule has 0 unspecified atom stereocenters. The average molecular weight is 437 g/mol. The van der Waals surface area contributed by atoms with Crippen molar-refractivity contribution in [2.24, 2.45) is 0 Å². The highest BCUT2D eigenvalue weighted by Gasteiger charge is 2.11. The van der Waals surface area contributed by atoms with Gasteiger partial charge in [0.25, 0.3) is 0 Å². The Morgan fingerprint density at radius 1 is 1.10 bits per heavy atom. The van der Waals surface area contributed by atoms with Gasteiger partial charge in [0.15, 0.2) is 0 Å². The number of thiazole rings is 1. The number of hydrogen-bond donors (Lipinski definition) is 0. The molecule has 0 aliphatic rings. The van der Waals surface area contributed by atoms with E-state index in [4.69, 9.17) is 4.84 Å². The Morgan fingerprint density at radius 3 is 2.93 bits per heavy atom. The predicted molar refractivity (Wildman–Crippen MR) is 118 cm³/mol. The van der Waals surface area contributed by atoms with Crippen molar-refractivity contribution in [2.45, 2.75) is 24.2 Å². The van der Waals surface area contributed by atoms with E-state index in [0.717, 1.165) is 42.8 Å². The van der Waals surface area contributed by atoms with Gasteiger partial charge in [0.05, 0.1) is 22.2 Å². The van der Waals surface area contributed by atoms with E-state index in [1.165, 1.54) is 12.1 Å². The van der Waals surface area contributed by atoms with Crippen molar-refractivity contribution in [2.75, 3.05) is 0 Å². The molecule has 0 aliphatic heterocycles. The maximum Gasteiger partial charge on any atom is 0.143 e. The quantitative estimate of drug-likeness (QED) is 0.333. The van der Waals surface area contributed by atoms with E-state index in [1.807, 2.05) is 25.1 Å². The molecule has 0 spiro atoms. The number of halogens is 1. The number of fused-ring (bicyclic) bond motifs is 2. The van der Waals surface area contributed by atoms with E-state index >= 15 is 0 Å². The van der Waals surface area contributed by atoms with Crippen molar-refractivity contribution in [3.8, 4) is 0 Å². The fourth-order valence-electron chi connectivity index (χ4n) is 3.24. The van der Waals surface area contributed by atoms with Gasteiger partial charge >= 0.3 is 0 Å². The number of rotatable bonds is 6. The normalized spacial score (nSPS) is 11.4. The molecule has 3 aromatic heterocycles. The van der Waals surface area contributed by atoms with Crippen LogP contribution >= 0.6 is 23.1 Å². The molecule has 5 aromatic rings. The van der Waals surface area contributed by atoms with E-state index in [2.05, 4.69) is 27.1 Å².